The zero-order chi connectivity index (χ0) is 19.6. The molecule has 1 aliphatic rings. The van der Waals surface area contributed by atoms with Crippen molar-refractivity contribution in [2.45, 2.75) is 19.1 Å². The van der Waals surface area contributed by atoms with Gasteiger partial charge in [-0.1, -0.05) is 11.6 Å². The second kappa shape index (κ2) is 7.36. The van der Waals surface area contributed by atoms with E-state index in [1.165, 1.54) is 36.4 Å². The molecule has 2 amide bonds. The number of hydrogen-bond donors (Lipinski definition) is 2. The van der Waals surface area contributed by atoms with E-state index in [0.717, 1.165) is 12.3 Å². The van der Waals surface area contributed by atoms with Crippen LogP contribution in [-0.2, 0) is 4.79 Å². The molecule has 0 fully saturated rings. The minimum absolute atomic E-state index is 0.0253. The molecule has 8 heteroatoms. The predicted molar refractivity (Wildman–Crippen MR) is 95.9 cm³/mol. The summed E-state index contributed by atoms with van der Waals surface area (Å²) in [6, 6.07) is 8.21. The maximum atomic E-state index is 14.7. The van der Waals surface area contributed by atoms with Gasteiger partial charge in [0, 0.05) is 11.2 Å². The Hall–Kier alpha value is -2.93. The quantitative estimate of drug-likeness (QED) is 0.772. The van der Waals surface area contributed by atoms with Crippen molar-refractivity contribution in [3.8, 4) is 11.5 Å². The van der Waals surface area contributed by atoms with E-state index < -0.39 is 29.8 Å². The van der Waals surface area contributed by atoms with Crippen LogP contribution in [0, 0.1) is 12.7 Å². The number of ether oxygens (including phenoxy) is 1. The van der Waals surface area contributed by atoms with Crippen LogP contribution in [0.2, 0.25) is 5.02 Å². The molecule has 27 heavy (non-hydrogen) atoms. The highest BCUT2D eigenvalue weighted by atomic mass is 35.5. The summed E-state index contributed by atoms with van der Waals surface area (Å²) in [5, 5.41) is 4.74. The standard InChI is InChI=1S/C19H15ClF2N2O3/c1-11-8-13(21)3-5-15(11)27-16-4-2-12(20)9-14(16)18(26)24-19(22)6-7-23-17(25)10-19/h2-9H,10H2,1H3,(H,23,25)(H,24,26). The van der Waals surface area contributed by atoms with Crippen molar-refractivity contribution in [2.24, 2.45) is 0 Å². The SMILES string of the molecule is Cc1cc(F)ccc1Oc1ccc(Cl)cc1C(=O)NC1(F)C=CNC(=O)C1. The molecule has 140 valence electrons. The Morgan fingerprint density at radius 1 is 1.26 bits per heavy atom. The van der Waals surface area contributed by atoms with Crippen molar-refractivity contribution < 1.29 is 23.1 Å². The Morgan fingerprint density at radius 3 is 2.70 bits per heavy atom. The molecule has 0 bridgehead atoms. The van der Waals surface area contributed by atoms with Crippen LogP contribution in [0.15, 0.2) is 48.7 Å². The van der Waals surface area contributed by atoms with E-state index in [2.05, 4.69) is 10.6 Å². The van der Waals surface area contributed by atoms with Crippen LogP contribution in [0.1, 0.15) is 22.3 Å². The molecule has 1 heterocycles. The van der Waals surface area contributed by atoms with E-state index in [9.17, 15) is 18.4 Å². The number of amides is 2. The van der Waals surface area contributed by atoms with E-state index in [0.29, 0.717) is 11.3 Å². The van der Waals surface area contributed by atoms with Crippen LogP contribution in [-0.4, -0.2) is 17.6 Å². The Kier molecular flexibility index (Phi) is 5.14. The van der Waals surface area contributed by atoms with Crippen molar-refractivity contribution in [3.05, 3.63) is 70.6 Å². The number of halogens is 3. The molecule has 0 aliphatic carbocycles. The number of nitrogens with one attached hydrogen (secondary N) is 2. The second-order valence-corrected chi connectivity index (χ2v) is 6.48. The lowest BCUT2D eigenvalue weighted by Gasteiger charge is -2.25. The molecule has 2 aromatic rings. The fraction of sp³-hybridized carbons (Fsp3) is 0.158. The summed E-state index contributed by atoms with van der Waals surface area (Å²) in [6.45, 7) is 1.65. The van der Waals surface area contributed by atoms with Crippen LogP contribution in [0.3, 0.4) is 0 Å². The molecule has 0 saturated carbocycles. The molecule has 2 N–H and O–H groups in total. The molecule has 3 rings (SSSR count). The number of carbonyl (C=O) groups excluding carboxylic acids is 2. The van der Waals surface area contributed by atoms with Gasteiger partial charge < -0.3 is 15.4 Å². The first-order valence-corrected chi connectivity index (χ1v) is 8.36. The van der Waals surface area contributed by atoms with Gasteiger partial charge >= 0.3 is 0 Å². The fourth-order valence-electron chi connectivity index (χ4n) is 2.57. The lowest BCUT2D eigenvalue weighted by molar-refractivity contribution is -0.123. The molecule has 0 radical (unpaired) electrons. The van der Waals surface area contributed by atoms with Gasteiger partial charge in [0.25, 0.3) is 5.91 Å². The summed E-state index contributed by atoms with van der Waals surface area (Å²) in [7, 11) is 0. The van der Waals surface area contributed by atoms with Gasteiger partial charge in [-0.25, -0.2) is 8.78 Å². The van der Waals surface area contributed by atoms with Gasteiger partial charge in [-0.2, -0.15) is 0 Å². The van der Waals surface area contributed by atoms with E-state index >= 15 is 0 Å². The van der Waals surface area contributed by atoms with Gasteiger partial charge in [0.15, 0.2) is 0 Å². The van der Waals surface area contributed by atoms with Gasteiger partial charge in [-0.3, -0.25) is 9.59 Å². The maximum Gasteiger partial charge on any atom is 0.257 e. The third-order valence-electron chi connectivity index (χ3n) is 3.87. The topological polar surface area (TPSA) is 67.4 Å². The number of alkyl halides is 1. The van der Waals surface area contributed by atoms with Crippen molar-refractivity contribution in [3.63, 3.8) is 0 Å². The van der Waals surface area contributed by atoms with Gasteiger partial charge in [0.05, 0.1) is 12.0 Å². The van der Waals surface area contributed by atoms with Crippen LogP contribution in [0.25, 0.3) is 0 Å². The number of rotatable bonds is 4. The zero-order valence-electron chi connectivity index (χ0n) is 14.2. The molecule has 0 aromatic heterocycles. The summed E-state index contributed by atoms with van der Waals surface area (Å²) < 4.78 is 33.7. The lowest BCUT2D eigenvalue weighted by Crippen LogP contribution is -2.48. The van der Waals surface area contributed by atoms with E-state index in [1.54, 1.807) is 6.92 Å². The van der Waals surface area contributed by atoms with Crippen LogP contribution in [0.4, 0.5) is 8.78 Å². The molecule has 1 unspecified atom stereocenters. The molecule has 1 atom stereocenters. The highest BCUT2D eigenvalue weighted by Crippen LogP contribution is 2.31. The average molecular weight is 393 g/mol. The first-order chi connectivity index (χ1) is 12.8. The van der Waals surface area contributed by atoms with Crippen molar-refractivity contribution >= 4 is 23.4 Å². The van der Waals surface area contributed by atoms with E-state index in [1.807, 2.05) is 0 Å². The zero-order valence-corrected chi connectivity index (χ0v) is 14.9. The van der Waals surface area contributed by atoms with Gasteiger partial charge in [-0.05, 0) is 55.0 Å². The van der Waals surface area contributed by atoms with Gasteiger partial charge in [0.1, 0.15) is 17.3 Å². The highest BCUT2D eigenvalue weighted by molar-refractivity contribution is 6.31. The van der Waals surface area contributed by atoms with E-state index in [4.69, 9.17) is 16.3 Å². The minimum Gasteiger partial charge on any atom is -0.456 e. The lowest BCUT2D eigenvalue weighted by atomic mass is 10.1. The summed E-state index contributed by atoms with van der Waals surface area (Å²) in [4.78, 5) is 24.0. The predicted octanol–water partition coefficient (Wildman–Crippen LogP) is 4.01. The molecule has 1 aliphatic heterocycles. The number of hydrogen-bond acceptors (Lipinski definition) is 3. The van der Waals surface area contributed by atoms with Crippen molar-refractivity contribution in [1.29, 1.82) is 0 Å². The normalized spacial score (nSPS) is 18.7. The highest BCUT2D eigenvalue weighted by Gasteiger charge is 2.35. The first-order valence-electron chi connectivity index (χ1n) is 7.98. The monoisotopic (exact) mass is 392 g/mol. The number of benzene rings is 2. The number of aryl methyl sites for hydroxylation is 1. The number of carbonyl (C=O) groups is 2. The van der Waals surface area contributed by atoms with Crippen LogP contribution >= 0.6 is 11.6 Å². The van der Waals surface area contributed by atoms with Crippen molar-refractivity contribution in [2.75, 3.05) is 0 Å². The summed E-state index contributed by atoms with van der Waals surface area (Å²) >= 11 is 5.96. The molecular formula is C19H15ClF2N2O3. The first kappa shape index (κ1) is 18.8. The molecular weight excluding hydrogens is 378 g/mol. The molecule has 0 saturated heterocycles. The Labute approximate surface area is 159 Å². The third-order valence-corrected chi connectivity index (χ3v) is 4.11. The minimum atomic E-state index is -2.33. The van der Waals surface area contributed by atoms with Gasteiger partial charge in [0.2, 0.25) is 11.7 Å². The average Bonchev–Trinajstić information content (AvgIpc) is 2.58. The summed E-state index contributed by atoms with van der Waals surface area (Å²) in [6.07, 6.45) is 1.62. The van der Waals surface area contributed by atoms with E-state index in [-0.39, 0.29) is 16.3 Å². The van der Waals surface area contributed by atoms with Crippen LogP contribution in [0.5, 0.6) is 11.5 Å². The fourth-order valence-corrected chi connectivity index (χ4v) is 2.74. The second-order valence-electron chi connectivity index (χ2n) is 6.05. The molecule has 5 nitrogen and oxygen atoms in total. The van der Waals surface area contributed by atoms with Crippen molar-refractivity contribution in [1.82, 2.24) is 10.6 Å². The Morgan fingerprint density at radius 2 is 2.00 bits per heavy atom. The molecule has 0 spiro atoms. The third kappa shape index (κ3) is 4.43. The maximum absolute atomic E-state index is 14.7. The Balaban J connectivity index is 1.89. The van der Waals surface area contributed by atoms with Gasteiger partial charge in [-0.15, -0.1) is 0 Å². The van der Waals surface area contributed by atoms with Crippen LogP contribution < -0.4 is 15.4 Å². The largest absolute Gasteiger partial charge is 0.456 e. The smallest absolute Gasteiger partial charge is 0.257 e. The summed E-state index contributed by atoms with van der Waals surface area (Å²) in [5.74, 6) is -3.68. The Bertz CT molecular complexity index is 949. The summed E-state index contributed by atoms with van der Waals surface area (Å²) in [5.41, 5.74) is 0.493. The molecule has 2 aromatic carbocycles.